The standard InChI is InChI=1S/C22H34O4/c1-3-4-5-6-7-8-9-10-11-12-13-14-18-15-16-19(21(23)24)20(17(18)2)22(25)26/h15-16H,3-14H2,1-2H3,(H,23,24)(H,25,26). The van der Waals surface area contributed by atoms with Gasteiger partial charge >= 0.3 is 11.9 Å². The van der Waals surface area contributed by atoms with E-state index in [0.717, 1.165) is 24.8 Å². The first-order chi connectivity index (χ1) is 12.5. The molecule has 0 saturated heterocycles. The lowest BCUT2D eigenvalue weighted by Gasteiger charge is -2.11. The van der Waals surface area contributed by atoms with Crippen molar-refractivity contribution in [3.8, 4) is 0 Å². The van der Waals surface area contributed by atoms with E-state index in [1.54, 1.807) is 13.0 Å². The number of carboxylic acids is 2. The molecule has 1 rings (SSSR count). The van der Waals surface area contributed by atoms with Gasteiger partial charge in [-0.25, -0.2) is 9.59 Å². The van der Waals surface area contributed by atoms with E-state index in [4.69, 9.17) is 5.11 Å². The van der Waals surface area contributed by atoms with Crippen molar-refractivity contribution in [3.05, 3.63) is 34.4 Å². The molecule has 2 N–H and O–H groups in total. The Hall–Kier alpha value is -1.84. The number of aromatic carboxylic acids is 2. The normalized spacial score (nSPS) is 10.8. The second kappa shape index (κ2) is 12.5. The number of aryl methyl sites for hydroxylation is 1. The lowest BCUT2D eigenvalue weighted by molar-refractivity contribution is 0.0650. The van der Waals surface area contributed by atoms with Crippen molar-refractivity contribution >= 4 is 11.9 Å². The molecule has 1 aromatic carbocycles. The van der Waals surface area contributed by atoms with Gasteiger partial charge in [0.2, 0.25) is 0 Å². The van der Waals surface area contributed by atoms with Crippen LogP contribution in [0.2, 0.25) is 0 Å². The highest BCUT2D eigenvalue weighted by atomic mass is 16.4. The number of rotatable bonds is 14. The van der Waals surface area contributed by atoms with E-state index < -0.39 is 11.9 Å². The van der Waals surface area contributed by atoms with Crippen LogP contribution in [-0.2, 0) is 6.42 Å². The maximum Gasteiger partial charge on any atom is 0.336 e. The molecule has 0 heterocycles. The number of hydrogen-bond donors (Lipinski definition) is 2. The average Bonchev–Trinajstić information content (AvgIpc) is 2.60. The Morgan fingerprint density at radius 3 is 1.73 bits per heavy atom. The van der Waals surface area contributed by atoms with Gasteiger partial charge in [-0.3, -0.25) is 0 Å². The lowest BCUT2D eigenvalue weighted by Crippen LogP contribution is -2.12. The minimum Gasteiger partial charge on any atom is -0.478 e. The Morgan fingerprint density at radius 2 is 1.27 bits per heavy atom. The number of carboxylic acid groups (broad SMARTS) is 2. The van der Waals surface area contributed by atoms with Crippen LogP contribution < -0.4 is 0 Å². The molecule has 0 atom stereocenters. The van der Waals surface area contributed by atoms with Gasteiger partial charge < -0.3 is 10.2 Å². The zero-order chi connectivity index (χ0) is 19.4. The fraction of sp³-hybridized carbons (Fsp3) is 0.636. The van der Waals surface area contributed by atoms with Crippen molar-refractivity contribution in [3.63, 3.8) is 0 Å². The molecule has 0 amide bonds. The minimum atomic E-state index is -1.19. The highest BCUT2D eigenvalue weighted by Gasteiger charge is 2.20. The Labute approximate surface area is 157 Å². The Balaban J connectivity index is 2.30. The fourth-order valence-electron chi connectivity index (χ4n) is 3.46. The highest BCUT2D eigenvalue weighted by Crippen LogP contribution is 2.21. The summed E-state index contributed by atoms with van der Waals surface area (Å²) in [5, 5.41) is 18.5. The molecule has 146 valence electrons. The molecule has 4 heteroatoms. The average molecular weight is 363 g/mol. The Bertz CT molecular complexity index is 578. The second-order valence-electron chi connectivity index (χ2n) is 7.17. The summed E-state index contributed by atoms with van der Waals surface area (Å²) in [6.45, 7) is 3.95. The zero-order valence-corrected chi connectivity index (χ0v) is 16.4. The molecule has 0 aliphatic carbocycles. The van der Waals surface area contributed by atoms with Crippen LogP contribution in [0.25, 0.3) is 0 Å². The van der Waals surface area contributed by atoms with Crippen molar-refractivity contribution in [2.45, 2.75) is 90.9 Å². The summed E-state index contributed by atoms with van der Waals surface area (Å²) in [4.78, 5) is 22.6. The van der Waals surface area contributed by atoms with Crippen LogP contribution >= 0.6 is 0 Å². The Kier molecular flexibility index (Phi) is 10.7. The third-order valence-corrected chi connectivity index (χ3v) is 5.07. The van der Waals surface area contributed by atoms with Crippen LogP contribution in [0.5, 0.6) is 0 Å². The summed E-state index contributed by atoms with van der Waals surface area (Å²) >= 11 is 0. The fourth-order valence-corrected chi connectivity index (χ4v) is 3.46. The van der Waals surface area contributed by atoms with E-state index in [0.29, 0.717) is 5.56 Å². The van der Waals surface area contributed by atoms with Crippen molar-refractivity contribution in [1.82, 2.24) is 0 Å². The first-order valence-electron chi connectivity index (χ1n) is 10.1. The van der Waals surface area contributed by atoms with E-state index >= 15 is 0 Å². The van der Waals surface area contributed by atoms with Crippen molar-refractivity contribution < 1.29 is 19.8 Å². The van der Waals surface area contributed by atoms with Crippen LogP contribution in [-0.4, -0.2) is 22.2 Å². The molecule has 26 heavy (non-hydrogen) atoms. The van der Waals surface area contributed by atoms with Gasteiger partial charge in [0.15, 0.2) is 0 Å². The van der Waals surface area contributed by atoms with Gasteiger partial charge in [-0.15, -0.1) is 0 Å². The molecule has 0 spiro atoms. The third-order valence-electron chi connectivity index (χ3n) is 5.07. The van der Waals surface area contributed by atoms with Gasteiger partial charge in [0.25, 0.3) is 0 Å². The van der Waals surface area contributed by atoms with Crippen LogP contribution in [0.4, 0.5) is 0 Å². The molecule has 0 radical (unpaired) electrons. The van der Waals surface area contributed by atoms with E-state index in [-0.39, 0.29) is 11.1 Å². The Morgan fingerprint density at radius 1 is 0.769 bits per heavy atom. The predicted molar refractivity (Wildman–Crippen MR) is 105 cm³/mol. The minimum absolute atomic E-state index is 0.0712. The van der Waals surface area contributed by atoms with Gasteiger partial charge in [-0.2, -0.15) is 0 Å². The van der Waals surface area contributed by atoms with Crippen LogP contribution in [0.15, 0.2) is 12.1 Å². The van der Waals surface area contributed by atoms with E-state index in [9.17, 15) is 14.7 Å². The summed E-state index contributed by atoms with van der Waals surface area (Å²) in [7, 11) is 0. The quantitative estimate of drug-likeness (QED) is 0.384. The SMILES string of the molecule is CCCCCCCCCCCCCc1ccc(C(=O)O)c(C(=O)O)c1C. The van der Waals surface area contributed by atoms with Crippen molar-refractivity contribution in [1.29, 1.82) is 0 Å². The molecule has 1 aromatic rings. The zero-order valence-electron chi connectivity index (χ0n) is 16.4. The summed E-state index contributed by atoms with van der Waals surface area (Å²) in [5.74, 6) is -2.35. The topological polar surface area (TPSA) is 74.6 Å². The maximum absolute atomic E-state index is 11.4. The van der Waals surface area contributed by atoms with Gasteiger partial charge in [-0.05, 0) is 37.0 Å². The van der Waals surface area contributed by atoms with Crippen molar-refractivity contribution in [2.75, 3.05) is 0 Å². The number of carbonyl (C=O) groups is 2. The molecular weight excluding hydrogens is 328 g/mol. The second-order valence-corrected chi connectivity index (χ2v) is 7.17. The number of benzene rings is 1. The first-order valence-corrected chi connectivity index (χ1v) is 10.1. The number of unbranched alkanes of at least 4 members (excludes halogenated alkanes) is 10. The largest absolute Gasteiger partial charge is 0.478 e. The van der Waals surface area contributed by atoms with Gasteiger partial charge in [-0.1, -0.05) is 77.2 Å². The van der Waals surface area contributed by atoms with Crippen molar-refractivity contribution in [2.24, 2.45) is 0 Å². The molecular formula is C22H34O4. The summed E-state index contributed by atoms with van der Waals surface area (Å²) in [6.07, 6.45) is 14.8. The van der Waals surface area contributed by atoms with E-state index in [2.05, 4.69) is 6.92 Å². The third kappa shape index (κ3) is 7.59. The van der Waals surface area contributed by atoms with Gasteiger partial charge in [0.05, 0.1) is 11.1 Å². The predicted octanol–water partition coefficient (Wildman–Crippen LogP) is 6.24. The first kappa shape index (κ1) is 22.2. The summed E-state index contributed by atoms with van der Waals surface area (Å²) in [5.41, 5.74) is 1.34. The summed E-state index contributed by atoms with van der Waals surface area (Å²) in [6, 6.07) is 3.19. The van der Waals surface area contributed by atoms with E-state index in [1.807, 2.05) is 0 Å². The molecule has 0 aromatic heterocycles. The molecule has 4 nitrogen and oxygen atoms in total. The summed E-state index contributed by atoms with van der Waals surface area (Å²) < 4.78 is 0. The number of hydrogen-bond acceptors (Lipinski definition) is 2. The molecule has 0 bridgehead atoms. The molecule has 0 unspecified atom stereocenters. The smallest absolute Gasteiger partial charge is 0.336 e. The van der Waals surface area contributed by atoms with Gasteiger partial charge in [0, 0.05) is 0 Å². The van der Waals surface area contributed by atoms with Crippen LogP contribution in [0, 0.1) is 6.92 Å². The maximum atomic E-state index is 11.4. The lowest BCUT2D eigenvalue weighted by atomic mass is 9.93. The molecule has 0 aliphatic heterocycles. The molecule has 0 fully saturated rings. The van der Waals surface area contributed by atoms with Gasteiger partial charge in [0.1, 0.15) is 0 Å². The monoisotopic (exact) mass is 362 g/mol. The van der Waals surface area contributed by atoms with Crippen LogP contribution in [0.1, 0.15) is 109 Å². The molecule has 0 saturated carbocycles. The van der Waals surface area contributed by atoms with Crippen LogP contribution in [0.3, 0.4) is 0 Å². The molecule has 0 aliphatic rings. The highest BCUT2D eigenvalue weighted by molar-refractivity contribution is 6.03. The van der Waals surface area contributed by atoms with E-state index in [1.165, 1.54) is 63.9 Å².